The van der Waals surface area contributed by atoms with E-state index in [1.807, 2.05) is 0 Å². The zero-order valence-electron chi connectivity index (χ0n) is 4.59. The van der Waals surface area contributed by atoms with E-state index in [4.69, 9.17) is 5.11 Å². The quantitative estimate of drug-likeness (QED) is 0.585. The van der Waals surface area contributed by atoms with Crippen molar-refractivity contribution in [1.29, 1.82) is 0 Å². The van der Waals surface area contributed by atoms with Crippen LogP contribution in [0.3, 0.4) is 0 Å². The fourth-order valence-corrected chi connectivity index (χ4v) is 0.409. The van der Waals surface area contributed by atoms with Crippen molar-refractivity contribution in [1.82, 2.24) is 0 Å². The molecule has 0 aromatic rings. The first-order valence-corrected chi connectivity index (χ1v) is 2.84. The van der Waals surface area contributed by atoms with E-state index < -0.39 is 16.9 Å². The highest BCUT2D eigenvalue weighted by Crippen LogP contribution is 2.47. The summed E-state index contributed by atoms with van der Waals surface area (Å²) in [6.45, 7) is 0. The third-order valence-electron chi connectivity index (χ3n) is 0.734. The molecule has 0 aromatic heterocycles. The van der Waals surface area contributed by atoms with Gasteiger partial charge < -0.3 is 5.11 Å². The molecule has 0 unspecified atom stereocenters. The summed E-state index contributed by atoms with van der Waals surface area (Å²) in [7, 11) is 0. The van der Waals surface area contributed by atoms with E-state index >= 15 is 0 Å². The molecule has 0 bridgehead atoms. The fourth-order valence-electron chi connectivity index (χ4n) is 0.171. The largest absolute Gasteiger partial charge is 0.424 e. The van der Waals surface area contributed by atoms with Crippen molar-refractivity contribution in [3.8, 4) is 0 Å². The highest BCUT2D eigenvalue weighted by molar-refractivity contribution is 9.10. The highest BCUT2D eigenvalue weighted by atomic mass is 79.9. The van der Waals surface area contributed by atoms with Crippen LogP contribution in [-0.2, 0) is 0 Å². The Labute approximate surface area is 65.1 Å². The van der Waals surface area contributed by atoms with Gasteiger partial charge in [-0.3, -0.25) is 0 Å². The van der Waals surface area contributed by atoms with Gasteiger partial charge in [-0.15, -0.1) is 0 Å². The second kappa shape index (κ2) is 2.51. The van der Waals surface area contributed by atoms with Gasteiger partial charge in [-0.2, -0.15) is 26.3 Å². The molecular formula is C3HBrF6O. The lowest BCUT2D eigenvalue weighted by Gasteiger charge is -2.24. The first-order chi connectivity index (χ1) is 4.50. The summed E-state index contributed by atoms with van der Waals surface area (Å²) in [4.78, 5) is -5.14. The van der Waals surface area contributed by atoms with Gasteiger partial charge in [0.1, 0.15) is 0 Å². The number of alkyl halides is 7. The van der Waals surface area contributed by atoms with Crippen LogP contribution in [0.2, 0.25) is 0 Å². The van der Waals surface area contributed by atoms with E-state index in [9.17, 15) is 26.3 Å². The van der Waals surface area contributed by atoms with Gasteiger partial charge in [-0.1, -0.05) is 0 Å². The number of hydrogen-bond donors (Lipinski definition) is 1. The van der Waals surface area contributed by atoms with Gasteiger partial charge in [0.05, 0.1) is 0 Å². The molecule has 68 valence electrons. The van der Waals surface area contributed by atoms with Crippen LogP contribution in [0, 0.1) is 0 Å². The van der Waals surface area contributed by atoms with Gasteiger partial charge in [0.15, 0.2) is 0 Å². The van der Waals surface area contributed by atoms with Crippen LogP contribution in [0.15, 0.2) is 0 Å². The Hall–Kier alpha value is 0.0200. The average molecular weight is 247 g/mol. The van der Waals surface area contributed by atoms with Gasteiger partial charge in [0.2, 0.25) is 0 Å². The lowest BCUT2D eigenvalue weighted by molar-refractivity contribution is -0.362. The SMILES string of the molecule is OC(F)(F)C(F)(F)C(F)(F)Br. The first-order valence-electron chi connectivity index (χ1n) is 2.05. The van der Waals surface area contributed by atoms with Crippen molar-refractivity contribution in [2.45, 2.75) is 16.9 Å². The molecule has 0 saturated heterocycles. The monoisotopic (exact) mass is 246 g/mol. The topological polar surface area (TPSA) is 20.2 Å². The Morgan fingerprint density at radius 3 is 1.18 bits per heavy atom. The summed E-state index contributed by atoms with van der Waals surface area (Å²) < 4.78 is 68.9. The highest BCUT2D eigenvalue weighted by Gasteiger charge is 2.70. The fraction of sp³-hybridized carbons (Fsp3) is 1.00. The van der Waals surface area contributed by atoms with Crippen LogP contribution < -0.4 is 0 Å². The van der Waals surface area contributed by atoms with Gasteiger partial charge in [-0.05, 0) is 15.9 Å². The summed E-state index contributed by atoms with van der Waals surface area (Å²) in [6, 6.07) is 0. The molecule has 0 heterocycles. The Bertz CT molecular complexity index is 129. The molecule has 0 radical (unpaired) electrons. The van der Waals surface area contributed by atoms with Crippen molar-refractivity contribution in [3.63, 3.8) is 0 Å². The smallest absolute Gasteiger partial charge is 0.331 e. The summed E-state index contributed by atoms with van der Waals surface area (Å²) in [6.07, 6.45) is -5.75. The molecule has 0 fully saturated rings. The zero-order chi connectivity index (χ0) is 9.50. The van der Waals surface area contributed by atoms with Gasteiger partial charge in [0, 0.05) is 0 Å². The molecule has 0 rings (SSSR count). The first kappa shape index (κ1) is 11.0. The van der Waals surface area contributed by atoms with E-state index in [0.717, 1.165) is 15.9 Å². The Balaban J connectivity index is 4.75. The average Bonchev–Trinajstić information content (AvgIpc) is 1.58. The van der Waals surface area contributed by atoms with E-state index in [-0.39, 0.29) is 0 Å². The molecule has 0 spiro atoms. The molecule has 0 amide bonds. The maximum Gasteiger partial charge on any atom is 0.424 e. The summed E-state index contributed by atoms with van der Waals surface area (Å²) in [5.41, 5.74) is 0. The maximum absolute atomic E-state index is 11.6. The van der Waals surface area contributed by atoms with Crippen molar-refractivity contribution in [2.75, 3.05) is 0 Å². The summed E-state index contributed by atoms with van der Waals surface area (Å²) in [5, 5.41) is 7.29. The predicted octanol–water partition coefficient (Wildman–Crippen LogP) is 2.19. The standard InChI is InChI=1S/C3HBrF6O/c4-2(7,8)1(5,6)3(9,10)11/h11H. The molecule has 0 aliphatic carbocycles. The van der Waals surface area contributed by atoms with Crippen LogP contribution in [0.1, 0.15) is 0 Å². The van der Waals surface area contributed by atoms with E-state index in [2.05, 4.69) is 0 Å². The molecule has 11 heavy (non-hydrogen) atoms. The lowest BCUT2D eigenvalue weighted by atomic mass is 10.3. The van der Waals surface area contributed by atoms with Crippen LogP contribution >= 0.6 is 15.9 Å². The minimum Gasteiger partial charge on any atom is -0.331 e. The number of aliphatic hydroxyl groups is 1. The van der Waals surface area contributed by atoms with Gasteiger partial charge in [0.25, 0.3) is 0 Å². The molecule has 1 N–H and O–H groups in total. The predicted molar refractivity (Wildman–Crippen MR) is 26.0 cm³/mol. The van der Waals surface area contributed by atoms with E-state index in [1.165, 1.54) is 0 Å². The van der Waals surface area contributed by atoms with Crippen LogP contribution in [0.25, 0.3) is 0 Å². The molecule has 8 heteroatoms. The molecule has 0 aliphatic rings. The second-order valence-electron chi connectivity index (χ2n) is 1.61. The Morgan fingerprint density at radius 2 is 1.18 bits per heavy atom. The Kier molecular flexibility index (Phi) is 2.52. The summed E-state index contributed by atoms with van der Waals surface area (Å²) in [5.74, 6) is -5.82. The van der Waals surface area contributed by atoms with Crippen molar-refractivity contribution >= 4 is 15.9 Å². The second-order valence-corrected chi connectivity index (χ2v) is 2.61. The van der Waals surface area contributed by atoms with Crippen LogP contribution in [0.5, 0.6) is 0 Å². The minimum absolute atomic E-state index is 1.01. The minimum atomic E-state index is -5.82. The zero-order valence-corrected chi connectivity index (χ0v) is 6.18. The molecule has 0 aliphatic heterocycles. The number of rotatable bonds is 2. The van der Waals surface area contributed by atoms with Crippen LogP contribution in [-0.4, -0.2) is 22.0 Å². The Morgan fingerprint density at radius 1 is 0.909 bits per heavy atom. The van der Waals surface area contributed by atoms with Crippen LogP contribution in [0.4, 0.5) is 26.3 Å². The van der Waals surface area contributed by atoms with Crippen molar-refractivity contribution < 1.29 is 31.4 Å². The van der Waals surface area contributed by atoms with E-state index in [1.54, 1.807) is 0 Å². The normalized spacial score (nSPS) is 15.3. The number of hydrogen-bond acceptors (Lipinski definition) is 1. The third kappa shape index (κ3) is 1.98. The summed E-state index contributed by atoms with van der Waals surface area (Å²) >= 11 is 1.01. The van der Waals surface area contributed by atoms with Gasteiger partial charge >= 0.3 is 16.9 Å². The van der Waals surface area contributed by atoms with Crippen molar-refractivity contribution in [3.05, 3.63) is 0 Å². The van der Waals surface area contributed by atoms with E-state index in [0.29, 0.717) is 0 Å². The lowest BCUT2D eigenvalue weighted by Crippen LogP contribution is -2.50. The van der Waals surface area contributed by atoms with Crippen molar-refractivity contribution in [2.24, 2.45) is 0 Å². The molecular weight excluding hydrogens is 246 g/mol. The molecule has 0 saturated carbocycles. The number of halogens is 7. The molecule has 1 nitrogen and oxygen atoms in total. The van der Waals surface area contributed by atoms with Gasteiger partial charge in [-0.25, -0.2) is 0 Å². The molecule has 0 aromatic carbocycles. The molecule has 0 atom stereocenters. The third-order valence-corrected chi connectivity index (χ3v) is 1.23. The maximum atomic E-state index is 11.6.